The summed E-state index contributed by atoms with van der Waals surface area (Å²) in [6.07, 6.45) is 1.80. The van der Waals surface area contributed by atoms with Crippen LogP contribution < -0.4 is 19.5 Å². The standard InChI is InChI=1S/C25H21BrN2O4S/c1-30-19-10-8-18(9-11-19)27-25-28-24(29)23(33-25)13-17-12-21(31-2)22(14-20(17)26)32-15-16-6-4-3-5-7-16/h3-14H,15H2,1-2H3,(H,27,28,29)/b23-13+. The summed E-state index contributed by atoms with van der Waals surface area (Å²) in [6.45, 7) is 0.424. The predicted molar refractivity (Wildman–Crippen MR) is 135 cm³/mol. The van der Waals surface area contributed by atoms with Gasteiger partial charge in [0.2, 0.25) is 0 Å². The lowest BCUT2D eigenvalue weighted by Crippen LogP contribution is -2.19. The highest BCUT2D eigenvalue weighted by Crippen LogP contribution is 2.37. The Morgan fingerprint density at radius 1 is 1.00 bits per heavy atom. The van der Waals surface area contributed by atoms with Crippen LogP contribution in [0.15, 0.2) is 81.1 Å². The molecule has 3 aromatic rings. The molecule has 0 bridgehead atoms. The fourth-order valence-corrected chi connectivity index (χ4v) is 4.33. The highest BCUT2D eigenvalue weighted by Gasteiger charge is 2.24. The minimum atomic E-state index is -0.206. The predicted octanol–water partition coefficient (Wildman–Crippen LogP) is 5.94. The Morgan fingerprint density at radius 2 is 1.76 bits per heavy atom. The number of halogens is 1. The van der Waals surface area contributed by atoms with E-state index in [0.717, 1.165) is 27.0 Å². The molecular weight excluding hydrogens is 504 g/mol. The Balaban J connectivity index is 1.52. The van der Waals surface area contributed by atoms with Crippen molar-refractivity contribution in [3.63, 3.8) is 0 Å². The number of thioether (sulfide) groups is 1. The number of hydrogen-bond donors (Lipinski definition) is 1. The number of ether oxygens (including phenoxy) is 3. The molecule has 168 valence electrons. The van der Waals surface area contributed by atoms with E-state index in [2.05, 4.69) is 26.2 Å². The lowest BCUT2D eigenvalue weighted by Gasteiger charge is -2.13. The summed E-state index contributed by atoms with van der Waals surface area (Å²) < 4.78 is 17.4. The van der Waals surface area contributed by atoms with E-state index >= 15 is 0 Å². The zero-order valence-corrected chi connectivity index (χ0v) is 20.4. The van der Waals surface area contributed by atoms with Crippen molar-refractivity contribution in [1.29, 1.82) is 0 Å². The van der Waals surface area contributed by atoms with Crippen LogP contribution >= 0.6 is 27.7 Å². The van der Waals surface area contributed by atoms with Gasteiger partial charge in [-0.25, -0.2) is 4.99 Å². The molecule has 1 heterocycles. The number of rotatable bonds is 7. The van der Waals surface area contributed by atoms with Gasteiger partial charge in [0.05, 0.1) is 24.8 Å². The number of aliphatic imine (C=N–C) groups is 1. The first-order valence-electron chi connectivity index (χ1n) is 10.0. The van der Waals surface area contributed by atoms with Crippen LogP contribution in [-0.4, -0.2) is 25.3 Å². The van der Waals surface area contributed by atoms with Crippen LogP contribution in [-0.2, 0) is 11.4 Å². The largest absolute Gasteiger partial charge is 0.497 e. The van der Waals surface area contributed by atoms with Gasteiger partial charge in [0.15, 0.2) is 16.7 Å². The van der Waals surface area contributed by atoms with E-state index < -0.39 is 0 Å². The monoisotopic (exact) mass is 524 g/mol. The van der Waals surface area contributed by atoms with Gasteiger partial charge in [-0.05, 0) is 65.4 Å². The molecule has 1 amide bonds. The molecule has 1 fully saturated rings. The van der Waals surface area contributed by atoms with Crippen LogP contribution in [0.2, 0.25) is 0 Å². The smallest absolute Gasteiger partial charge is 0.264 e. The van der Waals surface area contributed by atoms with Crippen molar-refractivity contribution in [1.82, 2.24) is 5.32 Å². The second-order valence-electron chi connectivity index (χ2n) is 6.98. The van der Waals surface area contributed by atoms with Gasteiger partial charge in [-0.15, -0.1) is 0 Å². The molecule has 0 aliphatic carbocycles. The SMILES string of the molecule is COc1ccc(N=C2NC(=O)/C(=C\c3cc(OC)c(OCc4ccccc4)cc3Br)S2)cc1. The fraction of sp³-hybridized carbons (Fsp3) is 0.120. The molecule has 8 heteroatoms. The lowest BCUT2D eigenvalue weighted by molar-refractivity contribution is -0.115. The van der Waals surface area contributed by atoms with Crippen LogP contribution in [0.25, 0.3) is 6.08 Å². The number of methoxy groups -OCH3 is 2. The van der Waals surface area contributed by atoms with E-state index in [-0.39, 0.29) is 5.91 Å². The van der Waals surface area contributed by atoms with Crippen LogP contribution in [0.3, 0.4) is 0 Å². The molecule has 1 aliphatic rings. The Hall–Kier alpha value is -3.23. The van der Waals surface area contributed by atoms with E-state index in [1.807, 2.05) is 66.7 Å². The van der Waals surface area contributed by atoms with Gasteiger partial charge in [-0.2, -0.15) is 0 Å². The summed E-state index contributed by atoms with van der Waals surface area (Å²) in [5.41, 5.74) is 2.58. The summed E-state index contributed by atoms with van der Waals surface area (Å²) in [4.78, 5) is 17.5. The molecule has 0 atom stereocenters. The number of carbonyl (C=O) groups is 1. The summed E-state index contributed by atoms with van der Waals surface area (Å²) in [6, 6.07) is 20.9. The first kappa shape index (κ1) is 22.9. The summed E-state index contributed by atoms with van der Waals surface area (Å²) in [7, 11) is 3.20. The quantitative estimate of drug-likeness (QED) is 0.387. The van der Waals surface area contributed by atoms with Crippen LogP contribution in [0.4, 0.5) is 5.69 Å². The fourth-order valence-electron chi connectivity index (χ4n) is 3.06. The molecule has 3 aromatic carbocycles. The van der Waals surface area contributed by atoms with E-state index in [9.17, 15) is 4.79 Å². The average Bonchev–Trinajstić information content (AvgIpc) is 3.18. The second-order valence-corrected chi connectivity index (χ2v) is 8.86. The Bertz CT molecular complexity index is 1210. The first-order valence-corrected chi connectivity index (χ1v) is 11.6. The number of amidine groups is 1. The summed E-state index contributed by atoms with van der Waals surface area (Å²) in [5.74, 6) is 1.73. The van der Waals surface area contributed by atoms with Gasteiger partial charge in [-0.1, -0.05) is 46.3 Å². The zero-order chi connectivity index (χ0) is 23.2. The molecule has 0 spiro atoms. The third-order valence-electron chi connectivity index (χ3n) is 4.76. The number of nitrogens with zero attached hydrogens (tertiary/aromatic N) is 1. The lowest BCUT2D eigenvalue weighted by atomic mass is 10.2. The molecular formula is C25H21BrN2O4S. The van der Waals surface area contributed by atoms with Gasteiger partial charge in [0, 0.05) is 4.47 Å². The number of benzene rings is 3. The van der Waals surface area contributed by atoms with Crippen molar-refractivity contribution in [2.45, 2.75) is 6.61 Å². The Labute approximate surface area is 204 Å². The van der Waals surface area contributed by atoms with Crippen LogP contribution in [0.1, 0.15) is 11.1 Å². The van der Waals surface area contributed by atoms with Crippen molar-refractivity contribution in [3.8, 4) is 17.2 Å². The van der Waals surface area contributed by atoms with E-state index in [1.54, 1.807) is 20.3 Å². The van der Waals surface area contributed by atoms with Gasteiger partial charge in [0.25, 0.3) is 5.91 Å². The number of carbonyl (C=O) groups excluding carboxylic acids is 1. The molecule has 4 rings (SSSR count). The molecule has 1 saturated heterocycles. The first-order chi connectivity index (χ1) is 16.1. The molecule has 0 unspecified atom stereocenters. The molecule has 6 nitrogen and oxygen atoms in total. The topological polar surface area (TPSA) is 69.2 Å². The molecule has 0 saturated carbocycles. The molecule has 1 N–H and O–H groups in total. The summed E-state index contributed by atoms with van der Waals surface area (Å²) >= 11 is 4.86. The maximum Gasteiger partial charge on any atom is 0.264 e. The third-order valence-corrected chi connectivity index (χ3v) is 6.36. The second kappa shape index (κ2) is 10.6. The minimum Gasteiger partial charge on any atom is -0.497 e. The van der Waals surface area contributed by atoms with Gasteiger partial charge >= 0.3 is 0 Å². The molecule has 1 aliphatic heterocycles. The van der Waals surface area contributed by atoms with Crippen LogP contribution in [0, 0.1) is 0 Å². The van der Waals surface area contributed by atoms with Crippen molar-refractivity contribution in [2.24, 2.45) is 4.99 Å². The number of amides is 1. The number of hydrogen-bond acceptors (Lipinski definition) is 6. The van der Waals surface area contributed by atoms with E-state index in [1.165, 1.54) is 11.8 Å². The highest BCUT2D eigenvalue weighted by atomic mass is 79.9. The molecule has 0 radical (unpaired) electrons. The normalized spacial score (nSPS) is 15.5. The van der Waals surface area contributed by atoms with Gasteiger partial charge < -0.3 is 19.5 Å². The zero-order valence-electron chi connectivity index (χ0n) is 18.0. The number of nitrogens with one attached hydrogen (secondary N) is 1. The molecule has 33 heavy (non-hydrogen) atoms. The Morgan fingerprint density at radius 3 is 2.45 bits per heavy atom. The minimum absolute atomic E-state index is 0.206. The maximum absolute atomic E-state index is 12.5. The third kappa shape index (κ3) is 5.77. The van der Waals surface area contributed by atoms with Crippen molar-refractivity contribution < 1.29 is 19.0 Å². The van der Waals surface area contributed by atoms with Crippen molar-refractivity contribution in [3.05, 3.63) is 87.2 Å². The maximum atomic E-state index is 12.5. The average molecular weight is 525 g/mol. The Kier molecular flexibility index (Phi) is 7.36. The molecule has 0 aromatic heterocycles. The van der Waals surface area contributed by atoms with Crippen molar-refractivity contribution in [2.75, 3.05) is 14.2 Å². The van der Waals surface area contributed by atoms with Gasteiger partial charge in [-0.3, -0.25) is 4.79 Å². The van der Waals surface area contributed by atoms with Crippen molar-refractivity contribution >= 4 is 50.5 Å². The van der Waals surface area contributed by atoms with Gasteiger partial charge in [0.1, 0.15) is 12.4 Å². The van der Waals surface area contributed by atoms with Crippen LogP contribution in [0.5, 0.6) is 17.2 Å². The highest BCUT2D eigenvalue weighted by molar-refractivity contribution is 9.10. The summed E-state index contributed by atoms with van der Waals surface area (Å²) in [5, 5.41) is 3.32. The van der Waals surface area contributed by atoms with E-state index in [0.29, 0.717) is 28.2 Å². The van der Waals surface area contributed by atoms with E-state index in [4.69, 9.17) is 14.2 Å².